The quantitative estimate of drug-likeness (QED) is 0.751. The first-order valence-corrected chi connectivity index (χ1v) is 6.49. The molecule has 4 nitrogen and oxygen atoms in total. The van der Waals surface area contributed by atoms with Crippen molar-refractivity contribution in [2.24, 2.45) is 7.05 Å². The SMILES string of the molecule is Cc1nn(C)cc1CNCc1c[nH]c2ccccc12. The van der Waals surface area contributed by atoms with Crippen LogP contribution < -0.4 is 5.32 Å². The molecule has 0 spiro atoms. The third-order valence-corrected chi connectivity index (χ3v) is 3.42. The Kier molecular flexibility index (Phi) is 3.09. The minimum absolute atomic E-state index is 0.846. The smallest absolute Gasteiger partial charge is 0.0638 e. The summed E-state index contributed by atoms with van der Waals surface area (Å²) in [5, 5.41) is 9.11. The Hall–Kier alpha value is -2.07. The highest BCUT2D eigenvalue weighted by atomic mass is 15.2. The molecule has 0 aliphatic carbocycles. The molecule has 0 saturated heterocycles. The number of rotatable bonds is 4. The zero-order valence-electron chi connectivity index (χ0n) is 11.3. The summed E-state index contributed by atoms with van der Waals surface area (Å²) in [6.07, 6.45) is 4.14. The van der Waals surface area contributed by atoms with E-state index in [1.165, 1.54) is 22.0 Å². The second-order valence-corrected chi connectivity index (χ2v) is 4.88. The number of hydrogen-bond donors (Lipinski definition) is 2. The normalized spacial score (nSPS) is 11.3. The van der Waals surface area contributed by atoms with Crippen molar-refractivity contribution in [3.05, 3.63) is 53.5 Å². The molecule has 0 unspecified atom stereocenters. The number of aromatic amines is 1. The number of H-pyrrole nitrogens is 1. The first-order chi connectivity index (χ1) is 9.24. The van der Waals surface area contributed by atoms with Crippen LogP contribution in [0, 0.1) is 6.92 Å². The average molecular weight is 254 g/mol. The monoisotopic (exact) mass is 254 g/mol. The van der Waals surface area contributed by atoms with Crippen LogP contribution in [-0.2, 0) is 20.1 Å². The van der Waals surface area contributed by atoms with Crippen LogP contribution in [0.2, 0.25) is 0 Å². The van der Waals surface area contributed by atoms with Crippen molar-refractivity contribution < 1.29 is 0 Å². The molecular weight excluding hydrogens is 236 g/mol. The van der Waals surface area contributed by atoms with Crippen LogP contribution in [-0.4, -0.2) is 14.8 Å². The number of nitrogens with one attached hydrogen (secondary N) is 2. The minimum atomic E-state index is 0.846. The van der Waals surface area contributed by atoms with Gasteiger partial charge in [0, 0.05) is 49.0 Å². The van der Waals surface area contributed by atoms with Crippen LogP contribution >= 0.6 is 0 Å². The van der Waals surface area contributed by atoms with Gasteiger partial charge in [-0.25, -0.2) is 0 Å². The van der Waals surface area contributed by atoms with Gasteiger partial charge in [-0.2, -0.15) is 5.10 Å². The summed E-state index contributed by atoms with van der Waals surface area (Å²) in [5.74, 6) is 0. The first kappa shape index (κ1) is 12.0. The molecule has 0 aliphatic heterocycles. The predicted octanol–water partition coefficient (Wildman–Crippen LogP) is 2.50. The van der Waals surface area contributed by atoms with Gasteiger partial charge < -0.3 is 10.3 Å². The number of benzene rings is 1. The van der Waals surface area contributed by atoms with Gasteiger partial charge >= 0.3 is 0 Å². The van der Waals surface area contributed by atoms with Crippen molar-refractivity contribution in [3.8, 4) is 0 Å². The largest absolute Gasteiger partial charge is 0.361 e. The lowest BCUT2D eigenvalue weighted by atomic mass is 10.2. The van der Waals surface area contributed by atoms with Gasteiger partial charge in [0.2, 0.25) is 0 Å². The van der Waals surface area contributed by atoms with E-state index in [9.17, 15) is 0 Å². The van der Waals surface area contributed by atoms with Crippen LogP contribution in [0.4, 0.5) is 0 Å². The lowest BCUT2D eigenvalue weighted by molar-refractivity contribution is 0.693. The maximum Gasteiger partial charge on any atom is 0.0638 e. The Morgan fingerprint density at radius 2 is 2.00 bits per heavy atom. The molecule has 0 saturated carbocycles. The predicted molar refractivity (Wildman–Crippen MR) is 76.8 cm³/mol. The molecule has 1 aromatic carbocycles. The van der Waals surface area contributed by atoms with Crippen LogP contribution in [0.15, 0.2) is 36.7 Å². The molecule has 2 N–H and O–H groups in total. The topological polar surface area (TPSA) is 45.6 Å². The molecule has 2 heterocycles. The number of para-hydroxylation sites is 1. The Labute approximate surface area is 112 Å². The van der Waals surface area contributed by atoms with Crippen molar-refractivity contribution in [3.63, 3.8) is 0 Å². The molecule has 2 aromatic heterocycles. The van der Waals surface area contributed by atoms with Crippen LogP contribution in [0.5, 0.6) is 0 Å². The third-order valence-electron chi connectivity index (χ3n) is 3.42. The maximum absolute atomic E-state index is 4.35. The van der Waals surface area contributed by atoms with E-state index < -0.39 is 0 Å². The van der Waals surface area contributed by atoms with Crippen molar-refractivity contribution >= 4 is 10.9 Å². The summed E-state index contributed by atoms with van der Waals surface area (Å²) in [7, 11) is 1.95. The van der Waals surface area contributed by atoms with Crippen molar-refractivity contribution in [1.82, 2.24) is 20.1 Å². The van der Waals surface area contributed by atoms with Gasteiger partial charge in [-0.15, -0.1) is 0 Å². The molecule has 98 valence electrons. The molecule has 0 aliphatic rings. The van der Waals surface area contributed by atoms with E-state index in [-0.39, 0.29) is 0 Å². The summed E-state index contributed by atoms with van der Waals surface area (Å²) in [5.41, 5.74) is 4.84. The lowest BCUT2D eigenvalue weighted by Crippen LogP contribution is -2.12. The second-order valence-electron chi connectivity index (χ2n) is 4.88. The highest BCUT2D eigenvalue weighted by Crippen LogP contribution is 2.17. The zero-order chi connectivity index (χ0) is 13.2. The second kappa shape index (κ2) is 4.90. The van der Waals surface area contributed by atoms with E-state index in [2.05, 4.69) is 52.1 Å². The number of nitrogens with zero attached hydrogens (tertiary/aromatic N) is 2. The van der Waals surface area contributed by atoms with Gasteiger partial charge in [-0.1, -0.05) is 18.2 Å². The molecule has 0 fully saturated rings. The number of aryl methyl sites for hydroxylation is 2. The van der Waals surface area contributed by atoms with Gasteiger partial charge in [0.25, 0.3) is 0 Å². The number of fused-ring (bicyclic) bond motifs is 1. The van der Waals surface area contributed by atoms with Crippen LogP contribution in [0.1, 0.15) is 16.8 Å². The van der Waals surface area contributed by atoms with Crippen molar-refractivity contribution in [1.29, 1.82) is 0 Å². The Morgan fingerprint density at radius 3 is 2.79 bits per heavy atom. The highest BCUT2D eigenvalue weighted by molar-refractivity contribution is 5.82. The fourth-order valence-corrected chi connectivity index (χ4v) is 2.43. The number of aromatic nitrogens is 3. The first-order valence-electron chi connectivity index (χ1n) is 6.49. The molecule has 3 rings (SSSR count). The molecule has 0 atom stereocenters. The van der Waals surface area contributed by atoms with E-state index in [4.69, 9.17) is 0 Å². The Balaban J connectivity index is 1.68. The van der Waals surface area contributed by atoms with Crippen LogP contribution in [0.3, 0.4) is 0 Å². The molecule has 0 radical (unpaired) electrons. The Morgan fingerprint density at radius 1 is 1.21 bits per heavy atom. The Bertz CT molecular complexity index is 693. The molecule has 4 heteroatoms. The van der Waals surface area contributed by atoms with Gasteiger partial charge in [-0.3, -0.25) is 4.68 Å². The average Bonchev–Trinajstić information content (AvgIpc) is 2.94. The fraction of sp³-hybridized carbons (Fsp3) is 0.267. The summed E-state index contributed by atoms with van der Waals surface area (Å²) in [4.78, 5) is 3.30. The molecular formula is C15H18N4. The highest BCUT2D eigenvalue weighted by Gasteiger charge is 2.04. The van der Waals surface area contributed by atoms with E-state index in [0.717, 1.165) is 18.8 Å². The lowest BCUT2D eigenvalue weighted by Gasteiger charge is -2.03. The van der Waals surface area contributed by atoms with Crippen molar-refractivity contribution in [2.45, 2.75) is 20.0 Å². The van der Waals surface area contributed by atoms with E-state index >= 15 is 0 Å². The fourth-order valence-electron chi connectivity index (χ4n) is 2.43. The van der Waals surface area contributed by atoms with Gasteiger partial charge in [0.15, 0.2) is 0 Å². The summed E-state index contributed by atoms with van der Waals surface area (Å²) in [6.45, 7) is 3.75. The van der Waals surface area contributed by atoms with E-state index in [1.807, 2.05) is 18.7 Å². The summed E-state index contributed by atoms with van der Waals surface area (Å²) >= 11 is 0. The van der Waals surface area contributed by atoms with Crippen molar-refractivity contribution in [2.75, 3.05) is 0 Å². The zero-order valence-corrected chi connectivity index (χ0v) is 11.3. The molecule has 0 amide bonds. The molecule has 0 bridgehead atoms. The van der Waals surface area contributed by atoms with E-state index in [1.54, 1.807) is 0 Å². The van der Waals surface area contributed by atoms with Gasteiger partial charge in [-0.05, 0) is 18.6 Å². The van der Waals surface area contributed by atoms with Gasteiger partial charge in [0.1, 0.15) is 0 Å². The standard InChI is InChI=1S/C15H18N4/c1-11-13(10-19(2)18-11)8-16-7-12-9-17-15-6-4-3-5-14(12)15/h3-6,9-10,16-17H,7-8H2,1-2H3. The molecule has 19 heavy (non-hydrogen) atoms. The van der Waals surface area contributed by atoms with E-state index in [0.29, 0.717) is 0 Å². The minimum Gasteiger partial charge on any atom is -0.361 e. The number of hydrogen-bond acceptors (Lipinski definition) is 2. The summed E-state index contributed by atoms with van der Waals surface area (Å²) in [6, 6.07) is 8.38. The summed E-state index contributed by atoms with van der Waals surface area (Å²) < 4.78 is 1.86. The van der Waals surface area contributed by atoms with Gasteiger partial charge in [0.05, 0.1) is 5.69 Å². The molecule has 3 aromatic rings. The maximum atomic E-state index is 4.35. The van der Waals surface area contributed by atoms with Crippen LogP contribution in [0.25, 0.3) is 10.9 Å². The third kappa shape index (κ3) is 2.39.